The lowest BCUT2D eigenvalue weighted by Crippen LogP contribution is -2.20. The quantitative estimate of drug-likeness (QED) is 0.640. The molecule has 0 saturated heterocycles. The van der Waals surface area contributed by atoms with E-state index in [4.69, 9.17) is 0 Å². The van der Waals surface area contributed by atoms with Crippen molar-refractivity contribution in [2.75, 3.05) is 14.1 Å². The molecular weight excluding hydrogens is 278 g/mol. The van der Waals surface area contributed by atoms with Crippen LogP contribution in [0.1, 0.15) is 21.7 Å². The summed E-state index contributed by atoms with van der Waals surface area (Å²) in [7, 11) is 3.68. The molecule has 2 heterocycles. The minimum Gasteiger partial charge on any atom is -0.383 e. The molecule has 0 aliphatic heterocycles. The second-order valence-electron chi connectivity index (χ2n) is 5.34. The minimum atomic E-state index is -0.198. The van der Waals surface area contributed by atoms with Crippen molar-refractivity contribution in [1.29, 1.82) is 0 Å². The molecule has 0 atom stereocenters. The number of hydrogen-bond donors (Lipinski definition) is 0. The number of nitrogens with zero attached hydrogens (tertiary/aromatic N) is 3. The second kappa shape index (κ2) is 6.39. The molecule has 0 amide bonds. The van der Waals surface area contributed by atoms with E-state index in [9.17, 15) is 9.59 Å². The summed E-state index contributed by atoms with van der Waals surface area (Å²) in [6.45, 7) is 3.72. The van der Waals surface area contributed by atoms with Gasteiger partial charge in [0, 0.05) is 44.3 Å². The lowest BCUT2D eigenvalue weighted by atomic mass is 10.1. The fourth-order valence-electron chi connectivity index (χ4n) is 2.09. The van der Waals surface area contributed by atoms with Crippen LogP contribution in [0.4, 0.5) is 0 Å². The lowest BCUT2D eigenvalue weighted by Gasteiger charge is -2.12. The van der Waals surface area contributed by atoms with Crippen LogP contribution in [0.2, 0.25) is 0 Å². The van der Waals surface area contributed by atoms with Gasteiger partial charge in [-0.1, -0.05) is 6.07 Å². The Hall–Kier alpha value is -2.69. The van der Waals surface area contributed by atoms with Crippen molar-refractivity contribution in [2.24, 2.45) is 0 Å². The standard InChI is InChI=1S/C17H19N3O2/c1-12-11-18-14(16(21)8-9-19(3)4)10-15(12)20-13(2)6-5-7-17(20)22/h5-11H,1-4H3. The maximum absolute atomic E-state index is 12.2. The van der Waals surface area contributed by atoms with Gasteiger partial charge in [-0.15, -0.1) is 0 Å². The van der Waals surface area contributed by atoms with Gasteiger partial charge in [-0.2, -0.15) is 0 Å². The number of hydrogen-bond acceptors (Lipinski definition) is 4. The molecule has 5 nitrogen and oxygen atoms in total. The third kappa shape index (κ3) is 3.31. The van der Waals surface area contributed by atoms with Gasteiger partial charge in [-0.05, 0) is 31.5 Å². The topological polar surface area (TPSA) is 55.2 Å². The fourth-order valence-corrected chi connectivity index (χ4v) is 2.09. The Kier molecular flexibility index (Phi) is 4.56. The van der Waals surface area contributed by atoms with E-state index in [2.05, 4.69) is 4.98 Å². The highest BCUT2D eigenvalue weighted by atomic mass is 16.1. The number of ketones is 1. The highest BCUT2D eigenvalue weighted by molar-refractivity contribution is 6.03. The Bertz CT molecular complexity index is 789. The van der Waals surface area contributed by atoms with E-state index in [0.29, 0.717) is 11.4 Å². The van der Waals surface area contributed by atoms with Crippen LogP contribution in [-0.4, -0.2) is 34.3 Å². The highest BCUT2D eigenvalue weighted by Crippen LogP contribution is 2.15. The molecule has 0 unspecified atom stereocenters. The summed E-state index contributed by atoms with van der Waals surface area (Å²) in [5.74, 6) is -0.198. The summed E-state index contributed by atoms with van der Waals surface area (Å²) < 4.78 is 1.59. The van der Waals surface area contributed by atoms with Gasteiger partial charge >= 0.3 is 0 Å². The van der Waals surface area contributed by atoms with E-state index in [-0.39, 0.29) is 11.3 Å². The molecule has 0 N–H and O–H groups in total. The van der Waals surface area contributed by atoms with E-state index >= 15 is 0 Å². The summed E-state index contributed by atoms with van der Waals surface area (Å²) in [5, 5.41) is 0. The first-order valence-corrected chi connectivity index (χ1v) is 6.95. The number of carbonyl (C=O) groups excluding carboxylic acids is 1. The van der Waals surface area contributed by atoms with Gasteiger partial charge < -0.3 is 4.90 Å². The first-order chi connectivity index (χ1) is 10.4. The molecule has 114 valence electrons. The van der Waals surface area contributed by atoms with E-state index in [1.54, 1.807) is 34.0 Å². The van der Waals surface area contributed by atoms with Crippen molar-refractivity contribution < 1.29 is 4.79 Å². The van der Waals surface area contributed by atoms with Crippen molar-refractivity contribution in [1.82, 2.24) is 14.5 Å². The molecule has 0 saturated carbocycles. The van der Waals surface area contributed by atoms with Crippen molar-refractivity contribution in [3.8, 4) is 5.69 Å². The Morgan fingerprint density at radius 2 is 2.00 bits per heavy atom. The molecular formula is C17H19N3O2. The largest absolute Gasteiger partial charge is 0.383 e. The van der Waals surface area contributed by atoms with Crippen LogP contribution < -0.4 is 5.56 Å². The molecule has 2 rings (SSSR count). The Morgan fingerprint density at radius 3 is 2.64 bits per heavy atom. The van der Waals surface area contributed by atoms with Crippen LogP contribution in [0.5, 0.6) is 0 Å². The van der Waals surface area contributed by atoms with Crippen molar-refractivity contribution in [3.05, 3.63) is 70.0 Å². The maximum atomic E-state index is 12.2. The van der Waals surface area contributed by atoms with Crippen molar-refractivity contribution in [3.63, 3.8) is 0 Å². The molecule has 0 spiro atoms. The molecule has 5 heteroatoms. The van der Waals surface area contributed by atoms with Crippen molar-refractivity contribution >= 4 is 5.78 Å². The third-order valence-electron chi connectivity index (χ3n) is 3.24. The first-order valence-electron chi connectivity index (χ1n) is 6.95. The normalized spacial score (nSPS) is 10.9. The van der Waals surface area contributed by atoms with Gasteiger partial charge in [-0.25, -0.2) is 0 Å². The van der Waals surface area contributed by atoms with E-state index in [1.807, 2.05) is 34.0 Å². The average molecular weight is 297 g/mol. The minimum absolute atomic E-state index is 0.128. The van der Waals surface area contributed by atoms with Gasteiger partial charge in [0.15, 0.2) is 0 Å². The molecule has 2 aromatic heterocycles. The monoisotopic (exact) mass is 297 g/mol. The molecule has 0 aliphatic carbocycles. The van der Waals surface area contributed by atoms with E-state index in [0.717, 1.165) is 11.3 Å². The van der Waals surface area contributed by atoms with Crippen LogP contribution in [0.3, 0.4) is 0 Å². The van der Waals surface area contributed by atoms with Gasteiger partial charge in [0.05, 0.1) is 5.69 Å². The van der Waals surface area contributed by atoms with Crippen LogP contribution >= 0.6 is 0 Å². The number of rotatable bonds is 4. The predicted molar refractivity (Wildman–Crippen MR) is 86.5 cm³/mol. The molecule has 0 radical (unpaired) electrons. The zero-order valence-corrected chi connectivity index (χ0v) is 13.2. The molecule has 0 bridgehead atoms. The van der Waals surface area contributed by atoms with Gasteiger partial charge in [0.1, 0.15) is 5.69 Å². The Balaban J connectivity index is 2.53. The van der Waals surface area contributed by atoms with E-state index in [1.165, 1.54) is 12.1 Å². The average Bonchev–Trinajstić information content (AvgIpc) is 2.46. The summed E-state index contributed by atoms with van der Waals surface area (Å²) >= 11 is 0. The zero-order chi connectivity index (χ0) is 16.3. The highest BCUT2D eigenvalue weighted by Gasteiger charge is 2.11. The Labute approximate surface area is 129 Å². The number of allylic oxidation sites excluding steroid dienone is 1. The van der Waals surface area contributed by atoms with Crippen LogP contribution in [0.15, 0.2) is 47.5 Å². The number of pyridine rings is 2. The molecule has 0 aromatic carbocycles. The number of aromatic nitrogens is 2. The maximum Gasteiger partial charge on any atom is 0.255 e. The summed E-state index contributed by atoms with van der Waals surface area (Å²) in [6.07, 6.45) is 4.75. The fraction of sp³-hybridized carbons (Fsp3) is 0.235. The van der Waals surface area contributed by atoms with Crippen LogP contribution in [0, 0.1) is 13.8 Å². The second-order valence-corrected chi connectivity index (χ2v) is 5.34. The Morgan fingerprint density at radius 1 is 1.27 bits per heavy atom. The SMILES string of the molecule is Cc1cnc(C(=O)C=CN(C)C)cc1-n1c(C)cccc1=O. The molecule has 0 aliphatic rings. The molecule has 0 fully saturated rings. The summed E-state index contributed by atoms with van der Waals surface area (Å²) in [4.78, 5) is 30.2. The summed E-state index contributed by atoms with van der Waals surface area (Å²) in [6, 6.07) is 6.73. The lowest BCUT2D eigenvalue weighted by molar-refractivity contribution is 0.104. The van der Waals surface area contributed by atoms with Gasteiger partial charge in [0.25, 0.3) is 5.56 Å². The van der Waals surface area contributed by atoms with E-state index < -0.39 is 0 Å². The summed E-state index contributed by atoms with van der Waals surface area (Å²) in [5.41, 5.74) is 2.51. The molecule has 22 heavy (non-hydrogen) atoms. The third-order valence-corrected chi connectivity index (χ3v) is 3.24. The zero-order valence-electron chi connectivity index (χ0n) is 13.2. The number of aryl methyl sites for hydroxylation is 2. The van der Waals surface area contributed by atoms with Crippen LogP contribution in [-0.2, 0) is 0 Å². The number of carbonyl (C=O) groups is 1. The smallest absolute Gasteiger partial charge is 0.255 e. The first kappa shape index (κ1) is 15.7. The van der Waals surface area contributed by atoms with Gasteiger partial charge in [-0.3, -0.25) is 19.1 Å². The van der Waals surface area contributed by atoms with Crippen LogP contribution in [0.25, 0.3) is 5.69 Å². The predicted octanol–water partition coefficient (Wildman–Crippen LogP) is 2.11. The van der Waals surface area contributed by atoms with Gasteiger partial charge in [0.2, 0.25) is 5.78 Å². The molecule has 2 aromatic rings. The van der Waals surface area contributed by atoms with Crippen molar-refractivity contribution in [2.45, 2.75) is 13.8 Å².